The first-order valence-corrected chi connectivity index (χ1v) is 5.47. The van der Waals surface area contributed by atoms with E-state index in [1.165, 1.54) is 0 Å². The monoisotopic (exact) mass is 232 g/mol. The van der Waals surface area contributed by atoms with Crippen molar-refractivity contribution in [2.45, 2.75) is 26.3 Å². The standard InChI is InChI=1S/C12H16N4O/c1-12(2,3)15-11(17)14-9-5-4-6-10-8(9)7-13-16-10/h4-7H,1-3H3,(H,13,16)(H2,14,15,17). The number of fused-ring (bicyclic) bond motifs is 1. The van der Waals surface area contributed by atoms with E-state index < -0.39 is 0 Å². The van der Waals surface area contributed by atoms with Gasteiger partial charge in [0.05, 0.1) is 17.4 Å². The highest BCUT2D eigenvalue weighted by Gasteiger charge is 2.14. The highest BCUT2D eigenvalue weighted by molar-refractivity contribution is 6.00. The Morgan fingerprint density at radius 2 is 2.12 bits per heavy atom. The van der Waals surface area contributed by atoms with Gasteiger partial charge in [-0.2, -0.15) is 5.10 Å². The molecule has 0 atom stereocenters. The number of nitrogens with zero attached hydrogens (tertiary/aromatic N) is 1. The molecule has 3 N–H and O–H groups in total. The molecule has 0 bridgehead atoms. The van der Waals surface area contributed by atoms with E-state index in [1.807, 2.05) is 39.0 Å². The normalized spacial score (nSPS) is 11.5. The number of anilines is 1. The van der Waals surface area contributed by atoms with Crippen LogP contribution in [0, 0.1) is 0 Å². The maximum absolute atomic E-state index is 11.7. The Balaban J connectivity index is 2.18. The number of urea groups is 1. The minimum atomic E-state index is -0.256. The maximum atomic E-state index is 11.7. The second-order valence-corrected chi connectivity index (χ2v) is 4.97. The van der Waals surface area contributed by atoms with Crippen LogP contribution in [0.25, 0.3) is 10.9 Å². The highest BCUT2D eigenvalue weighted by atomic mass is 16.2. The predicted octanol–water partition coefficient (Wildman–Crippen LogP) is 2.48. The van der Waals surface area contributed by atoms with Crippen LogP contribution in [0.15, 0.2) is 24.4 Å². The predicted molar refractivity (Wildman–Crippen MR) is 68.0 cm³/mol. The number of hydrogen-bond donors (Lipinski definition) is 3. The van der Waals surface area contributed by atoms with Gasteiger partial charge < -0.3 is 10.6 Å². The van der Waals surface area contributed by atoms with Crippen LogP contribution in [0.4, 0.5) is 10.5 Å². The molecule has 2 aromatic rings. The highest BCUT2D eigenvalue weighted by Crippen LogP contribution is 2.20. The van der Waals surface area contributed by atoms with Gasteiger partial charge in [0, 0.05) is 10.9 Å². The molecule has 0 radical (unpaired) electrons. The Bertz CT molecular complexity index is 539. The van der Waals surface area contributed by atoms with Crippen molar-refractivity contribution in [3.8, 4) is 0 Å². The molecule has 1 heterocycles. The summed E-state index contributed by atoms with van der Waals surface area (Å²) in [6, 6.07) is 5.41. The summed E-state index contributed by atoms with van der Waals surface area (Å²) >= 11 is 0. The van der Waals surface area contributed by atoms with Crippen molar-refractivity contribution in [2.75, 3.05) is 5.32 Å². The molecule has 0 saturated heterocycles. The summed E-state index contributed by atoms with van der Waals surface area (Å²) in [5, 5.41) is 13.4. The molecule has 0 spiro atoms. The Hall–Kier alpha value is -2.04. The van der Waals surface area contributed by atoms with E-state index in [2.05, 4.69) is 20.8 Å². The van der Waals surface area contributed by atoms with Gasteiger partial charge in [0.15, 0.2) is 0 Å². The molecule has 5 heteroatoms. The number of aromatic amines is 1. The third-order valence-corrected chi connectivity index (χ3v) is 2.22. The largest absolute Gasteiger partial charge is 0.333 e. The second-order valence-electron chi connectivity index (χ2n) is 4.97. The number of carbonyl (C=O) groups excluding carboxylic acids is 1. The molecule has 2 amide bonds. The van der Waals surface area contributed by atoms with Crippen molar-refractivity contribution in [2.24, 2.45) is 0 Å². The molecule has 90 valence electrons. The van der Waals surface area contributed by atoms with Crippen LogP contribution in [0.3, 0.4) is 0 Å². The van der Waals surface area contributed by atoms with E-state index in [0.717, 1.165) is 16.6 Å². The first kappa shape index (κ1) is 11.4. The zero-order valence-corrected chi connectivity index (χ0v) is 10.2. The fourth-order valence-electron chi connectivity index (χ4n) is 1.57. The molecule has 2 rings (SSSR count). The number of rotatable bonds is 1. The summed E-state index contributed by atoms with van der Waals surface area (Å²) in [6.07, 6.45) is 1.70. The van der Waals surface area contributed by atoms with E-state index in [9.17, 15) is 4.79 Å². The van der Waals surface area contributed by atoms with E-state index in [4.69, 9.17) is 0 Å². The van der Waals surface area contributed by atoms with E-state index in [1.54, 1.807) is 6.20 Å². The molecule has 0 fully saturated rings. The number of nitrogens with one attached hydrogen (secondary N) is 3. The lowest BCUT2D eigenvalue weighted by Crippen LogP contribution is -2.43. The van der Waals surface area contributed by atoms with Gasteiger partial charge in [-0.1, -0.05) is 6.07 Å². The zero-order chi connectivity index (χ0) is 12.5. The molecule has 1 aromatic carbocycles. The summed E-state index contributed by atoms with van der Waals surface area (Å²) in [7, 11) is 0. The minimum absolute atomic E-state index is 0.216. The van der Waals surface area contributed by atoms with Crippen molar-refractivity contribution >= 4 is 22.6 Å². The molecule has 5 nitrogen and oxygen atoms in total. The van der Waals surface area contributed by atoms with E-state index in [0.29, 0.717) is 0 Å². The Labute approximate surface area is 99.6 Å². The minimum Gasteiger partial charge on any atom is -0.333 e. The molecule has 0 saturated carbocycles. The summed E-state index contributed by atoms with van der Waals surface area (Å²) < 4.78 is 0. The Morgan fingerprint density at radius 3 is 2.82 bits per heavy atom. The van der Waals surface area contributed by atoms with Gasteiger partial charge in [0.25, 0.3) is 0 Å². The van der Waals surface area contributed by atoms with Gasteiger partial charge in [-0.25, -0.2) is 4.79 Å². The zero-order valence-electron chi connectivity index (χ0n) is 10.2. The van der Waals surface area contributed by atoms with Gasteiger partial charge in [0.1, 0.15) is 0 Å². The first-order chi connectivity index (χ1) is 7.96. The van der Waals surface area contributed by atoms with Gasteiger partial charge in [0.2, 0.25) is 0 Å². The number of amides is 2. The van der Waals surface area contributed by atoms with E-state index >= 15 is 0 Å². The topological polar surface area (TPSA) is 69.8 Å². The Kier molecular flexibility index (Phi) is 2.75. The van der Waals surface area contributed by atoms with Crippen LogP contribution in [-0.2, 0) is 0 Å². The number of hydrogen-bond acceptors (Lipinski definition) is 2. The van der Waals surface area contributed by atoms with Crippen LogP contribution in [0.5, 0.6) is 0 Å². The van der Waals surface area contributed by atoms with Gasteiger partial charge in [-0.05, 0) is 32.9 Å². The quantitative estimate of drug-likeness (QED) is 0.707. The lowest BCUT2D eigenvalue weighted by atomic mass is 10.1. The smallest absolute Gasteiger partial charge is 0.319 e. The summed E-state index contributed by atoms with van der Waals surface area (Å²) in [4.78, 5) is 11.7. The third kappa shape index (κ3) is 2.75. The van der Waals surface area contributed by atoms with Crippen LogP contribution >= 0.6 is 0 Å². The van der Waals surface area contributed by atoms with Crippen LogP contribution < -0.4 is 10.6 Å². The lowest BCUT2D eigenvalue weighted by molar-refractivity contribution is 0.244. The van der Waals surface area contributed by atoms with Crippen molar-refractivity contribution < 1.29 is 4.79 Å². The molecule has 0 unspecified atom stereocenters. The molecular formula is C12H16N4O. The molecule has 0 aliphatic rings. The van der Waals surface area contributed by atoms with Crippen molar-refractivity contribution in [3.05, 3.63) is 24.4 Å². The molecular weight excluding hydrogens is 216 g/mol. The van der Waals surface area contributed by atoms with Crippen LogP contribution in [0.1, 0.15) is 20.8 Å². The van der Waals surface area contributed by atoms with Crippen molar-refractivity contribution in [1.82, 2.24) is 15.5 Å². The fraction of sp³-hybridized carbons (Fsp3) is 0.333. The van der Waals surface area contributed by atoms with Gasteiger partial charge in [-0.3, -0.25) is 5.10 Å². The van der Waals surface area contributed by atoms with Crippen LogP contribution in [0.2, 0.25) is 0 Å². The lowest BCUT2D eigenvalue weighted by Gasteiger charge is -2.20. The van der Waals surface area contributed by atoms with E-state index in [-0.39, 0.29) is 11.6 Å². The first-order valence-electron chi connectivity index (χ1n) is 5.47. The van der Waals surface area contributed by atoms with Crippen molar-refractivity contribution in [1.29, 1.82) is 0 Å². The van der Waals surface area contributed by atoms with Crippen LogP contribution in [-0.4, -0.2) is 21.8 Å². The maximum Gasteiger partial charge on any atom is 0.319 e. The third-order valence-electron chi connectivity index (χ3n) is 2.22. The average Bonchev–Trinajstić information content (AvgIpc) is 2.63. The Morgan fingerprint density at radius 1 is 1.35 bits per heavy atom. The second kappa shape index (κ2) is 4.08. The summed E-state index contributed by atoms with van der Waals surface area (Å²) in [5.41, 5.74) is 1.39. The fourth-order valence-corrected chi connectivity index (χ4v) is 1.57. The number of aromatic nitrogens is 2. The molecule has 0 aliphatic heterocycles. The average molecular weight is 232 g/mol. The SMILES string of the molecule is CC(C)(C)NC(=O)Nc1cccc2[nH]ncc12. The molecule has 0 aliphatic carbocycles. The number of carbonyl (C=O) groups is 1. The van der Waals surface area contributed by atoms with Gasteiger partial charge >= 0.3 is 6.03 Å². The van der Waals surface area contributed by atoms with Crippen molar-refractivity contribution in [3.63, 3.8) is 0 Å². The number of benzene rings is 1. The molecule has 17 heavy (non-hydrogen) atoms. The summed E-state index contributed by atoms with van der Waals surface area (Å²) in [6.45, 7) is 5.81. The molecule has 1 aromatic heterocycles. The number of H-pyrrole nitrogens is 1. The summed E-state index contributed by atoms with van der Waals surface area (Å²) in [5.74, 6) is 0. The van der Waals surface area contributed by atoms with Gasteiger partial charge in [-0.15, -0.1) is 0 Å².